The number of aliphatic hydroxyl groups is 1. The summed E-state index contributed by atoms with van der Waals surface area (Å²) < 4.78 is 33.1. The summed E-state index contributed by atoms with van der Waals surface area (Å²) in [6.45, 7) is 7.87. The molecular weight excluding hydrogens is 532 g/mol. The zero-order valence-corrected chi connectivity index (χ0v) is 23.9. The van der Waals surface area contributed by atoms with Crippen LogP contribution in [0, 0.1) is 6.92 Å². The first kappa shape index (κ1) is 32.0. The van der Waals surface area contributed by atoms with Crippen LogP contribution in [-0.4, -0.2) is 80.7 Å². The fourth-order valence-corrected chi connectivity index (χ4v) is 3.87. The van der Waals surface area contributed by atoms with Gasteiger partial charge in [0, 0.05) is 0 Å². The number of epoxide rings is 1. The number of carbonyl (C=O) groups is 3. The second-order valence-corrected chi connectivity index (χ2v) is 9.96. The fourth-order valence-electron chi connectivity index (χ4n) is 3.87. The summed E-state index contributed by atoms with van der Waals surface area (Å²) in [7, 11) is 0. The molecule has 1 aliphatic rings. The molecule has 0 bridgehead atoms. The van der Waals surface area contributed by atoms with Crippen molar-refractivity contribution in [3.8, 4) is 0 Å². The SMILES string of the molecule is CC(C)=CCC(OCCOC(=O)c1ccc(C)cc1)C1(C)OC1OCCOC(=O)c1ccc(C(=O)OCCO)cc1. The van der Waals surface area contributed by atoms with E-state index in [9.17, 15) is 14.4 Å². The lowest BCUT2D eigenvalue weighted by Gasteiger charge is -2.21. The Morgan fingerprint density at radius 2 is 1.32 bits per heavy atom. The minimum atomic E-state index is -0.711. The molecule has 1 aliphatic heterocycles. The average molecular weight is 571 g/mol. The van der Waals surface area contributed by atoms with Crippen molar-refractivity contribution in [3.63, 3.8) is 0 Å². The van der Waals surface area contributed by atoms with E-state index in [1.807, 2.05) is 45.9 Å². The van der Waals surface area contributed by atoms with Gasteiger partial charge in [0.25, 0.3) is 0 Å². The van der Waals surface area contributed by atoms with Crippen LogP contribution in [0.15, 0.2) is 60.2 Å². The fraction of sp³-hybridized carbons (Fsp3) is 0.452. The van der Waals surface area contributed by atoms with E-state index in [1.54, 1.807) is 12.1 Å². The molecule has 0 amide bonds. The summed E-state index contributed by atoms with van der Waals surface area (Å²) in [6, 6.07) is 13.0. The van der Waals surface area contributed by atoms with Gasteiger partial charge in [-0.3, -0.25) is 0 Å². The molecule has 0 aromatic heterocycles. The Labute approximate surface area is 240 Å². The molecule has 1 fully saturated rings. The van der Waals surface area contributed by atoms with Crippen LogP contribution in [0.2, 0.25) is 0 Å². The molecule has 3 unspecified atom stereocenters. The standard InChI is InChI=1S/C31H38O10/c1-21(2)5-14-26(36-17-18-38-28(34)23-8-6-22(3)7-9-23)31(4)30(41-31)40-20-19-39-29(35)25-12-10-24(11-13-25)27(33)37-16-15-32/h5-13,26,30,32H,14-20H2,1-4H3. The number of ether oxygens (including phenoxy) is 6. The maximum Gasteiger partial charge on any atom is 0.338 e. The summed E-state index contributed by atoms with van der Waals surface area (Å²) in [4.78, 5) is 36.4. The number of benzene rings is 2. The van der Waals surface area contributed by atoms with Gasteiger partial charge in [-0.15, -0.1) is 0 Å². The van der Waals surface area contributed by atoms with E-state index in [0.717, 1.165) is 11.1 Å². The van der Waals surface area contributed by atoms with Crippen molar-refractivity contribution in [2.24, 2.45) is 0 Å². The highest BCUT2D eigenvalue weighted by Gasteiger charge is 2.59. The van der Waals surface area contributed by atoms with E-state index in [4.69, 9.17) is 33.5 Å². The van der Waals surface area contributed by atoms with Gasteiger partial charge >= 0.3 is 17.9 Å². The van der Waals surface area contributed by atoms with E-state index in [-0.39, 0.29) is 56.9 Å². The van der Waals surface area contributed by atoms with Gasteiger partial charge in [-0.1, -0.05) is 29.3 Å². The lowest BCUT2D eigenvalue weighted by atomic mass is 10.0. The van der Waals surface area contributed by atoms with E-state index < -0.39 is 29.8 Å². The molecule has 0 aliphatic carbocycles. The molecule has 41 heavy (non-hydrogen) atoms. The third-order valence-electron chi connectivity index (χ3n) is 6.34. The average Bonchev–Trinajstić information content (AvgIpc) is 3.63. The molecule has 1 N–H and O–H groups in total. The van der Waals surface area contributed by atoms with Crippen molar-refractivity contribution in [2.75, 3.05) is 39.6 Å². The lowest BCUT2D eigenvalue weighted by Crippen LogP contribution is -2.34. The summed E-state index contributed by atoms with van der Waals surface area (Å²) >= 11 is 0. The van der Waals surface area contributed by atoms with Gasteiger partial charge in [0.15, 0.2) is 6.29 Å². The summed E-state index contributed by atoms with van der Waals surface area (Å²) in [5.74, 6) is -1.56. The first-order valence-electron chi connectivity index (χ1n) is 13.5. The Bertz CT molecular complexity index is 1180. The minimum Gasteiger partial charge on any atom is -0.460 e. The molecule has 0 spiro atoms. The molecule has 3 rings (SSSR count). The van der Waals surface area contributed by atoms with E-state index in [2.05, 4.69) is 0 Å². The molecule has 1 saturated heterocycles. The Morgan fingerprint density at radius 3 is 1.83 bits per heavy atom. The number of hydrogen-bond donors (Lipinski definition) is 1. The number of rotatable bonds is 16. The van der Waals surface area contributed by atoms with Gasteiger partial charge in [0.05, 0.1) is 42.6 Å². The van der Waals surface area contributed by atoms with Crippen LogP contribution < -0.4 is 0 Å². The van der Waals surface area contributed by atoms with Gasteiger partial charge in [-0.25, -0.2) is 14.4 Å². The van der Waals surface area contributed by atoms with E-state index in [0.29, 0.717) is 12.0 Å². The Morgan fingerprint density at radius 1 is 0.829 bits per heavy atom. The number of allylic oxidation sites excluding steroid dienone is 1. The van der Waals surface area contributed by atoms with Gasteiger partial charge in [0.2, 0.25) is 0 Å². The predicted octanol–water partition coefficient (Wildman–Crippen LogP) is 4.03. The van der Waals surface area contributed by atoms with E-state index in [1.165, 1.54) is 24.3 Å². The van der Waals surface area contributed by atoms with Crippen LogP contribution in [0.25, 0.3) is 0 Å². The molecule has 0 radical (unpaired) electrons. The second-order valence-electron chi connectivity index (χ2n) is 9.96. The normalized spacial score (nSPS) is 18.2. The third-order valence-corrected chi connectivity index (χ3v) is 6.34. The van der Waals surface area contributed by atoms with Crippen LogP contribution in [0.5, 0.6) is 0 Å². The maximum atomic E-state index is 12.3. The molecule has 1 heterocycles. The molecule has 10 nitrogen and oxygen atoms in total. The molecule has 222 valence electrons. The first-order valence-corrected chi connectivity index (χ1v) is 13.5. The quantitative estimate of drug-likeness (QED) is 0.104. The van der Waals surface area contributed by atoms with Crippen molar-refractivity contribution in [1.29, 1.82) is 0 Å². The number of aliphatic hydroxyl groups excluding tert-OH is 1. The molecule has 2 aromatic rings. The van der Waals surface area contributed by atoms with Crippen LogP contribution in [0.3, 0.4) is 0 Å². The van der Waals surface area contributed by atoms with Crippen molar-refractivity contribution < 1.29 is 47.9 Å². The third kappa shape index (κ3) is 9.79. The highest BCUT2D eigenvalue weighted by molar-refractivity contribution is 5.93. The van der Waals surface area contributed by atoms with Gasteiger partial charge in [-0.05, 0) is 70.5 Å². The monoisotopic (exact) mass is 570 g/mol. The molecule has 0 saturated carbocycles. The van der Waals surface area contributed by atoms with Crippen molar-refractivity contribution >= 4 is 17.9 Å². The first-order chi connectivity index (χ1) is 19.6. The van der Waals surface area contributed by atoms with Crippen LogP contribution in [-0.2, 0) is 28.4 Å². The number of carbonyl (C=O) groups excluding carboxylic acids is 3. The highest BCUT2D eigenvalue weighted by atomic mass is 16.8. The Balaban J connectivity index is 1.41. The highest BCUT2D eigenvalue weighted by Crippen LogP contribution is 2.43. The molecule has 3 atom stereocenters. The van der Waals surface area contributed by atoms with Crippen LogP contribution in [0.1, 0.15) is 63.8 Å². The maximum absolute atomic E-state index is 12.3. The topological polar surface area (TPSA) is 130 Å². The number of aryl methyl sites for hydroxylation is 1. The zero-order chi connectivity index (χ0) is 29.8. The Hall–Kier alpha value is -3.57. The smallest absolute Gasteiger partial charge is 0.338 e. The molecule has 2 aromatic carbocycles. The summed E-state index contributed by atoms with van der Waals surface area (Å²) in [5, 5.41) is 8.74. The second kappa shape index (κ2) is 15.4. The summed E-state index contributed by atoms with van der Waals surface area (Å²) in [6.07, 6.45) is 1.75. The number of esters is 3. The minimum absolute atomic E-state index is 0.00350. The van der Waals surface area contributed by atoms with Gasteiger partial charge in [0.1, 0.15) is 25.4 Å². The van der Waals surface area contributed by atoms with Crippen molar-refractivity contribution in [1.82, 2.24) is 0 Å². The van der Waals surface area contributed by atoms with Gasteiger partial charge in [-0.2, -0.15) is 0 Å². The van der Waals surface area contributed by atoms with E-state index >= 15 is 0 Å². The Kier molecular flexibility index (Phi) is 12.0. The van der Waals surface area contributed by atoms with Crippen LogP contribution in [0.4, 0.5) is 0 Å². The van der Waals surface area contributed by atoms with Crippen LogP contribution >= 0.6 is 0 Å². The lowest BCUT2D eigenvalue weighted by molar-refractivity contribution is -0.0225. The molecular formula is C31H38O10. The largest absolute Gasteiger partial charge is 0.460 e. The summed E-state index contributed by atoms with van der Waals surface area (Å²) in [5.41, 5.74) is 2.50. The van der Waals surface area contributed by atoms with Gasteiger partial charge < -0.3 is 33.5 Å². The predicted molar refractivity (Wildman–Crippen MR) is 149 cm³/mol. The van der Waals surface area contributed by atoms with Crippen molar-refractivity contribution in [2.45, 2.75) is 52.1 Å². The van der Waals surface area contributed by atoms with Crippen molar-refractivity contribution in [3.05, 3.63) is 82.4 Å². The number of hydrogen-bond acceptors (Lipinski definition) is 10. The molecule has 10 heteroatoms. The zero-order valence-electron chi connectivity index (χ0n) is 23.9.